The van der Waals surface area contributed by atoms with E-state index in [-0.39, 0.29) is 18.4 Å². The molecule has 0 aliphatic heterocycles. The van der Waals surface area contributed by atoms with Gasteiger partial charge in [-0.05, 0) is 61.1 Å². The number of aryl methyl sites for hydroxylation is 2. The second-order valence-electron chi connectivity index (χ2n) is 9.35. The number of amides is 2. The van der Waals surface area contributed by atoms with Gasteiger partial charge in [-0.15, -0.1) is 0 Å². The lowest BCUT2D eigenvalue weighted by atomic mass is 10.0. The van der Waals surface area contributed by atoms with Crippen molar-refractivity contribution in [3.63, 3.8) is 0 Å². The molecule has 190 valence electrons. The van der Waals surface area contributed by atoms with Crippen molar-refractivity contribution in [3.8, 4) is 5.75 Å². The zero-order chi connectivity index (χ0) is 25.9. The first kappa shape index (κ1) is 27.0. The number of benzene rings is 3. The predicted molar refractivity (Wildman–Crippen MR) is 145 cm³/mol. The van der Waals surface area contributed by atoms with Crippen LogP contribution in [-0.2, 0) is 22.6 Å². The number of ether oxygens (including phenoxy) is 1. The smallest absolute Gasteiger partial charge is 0.261 e. The highest BCUT2D eigenvalue weighted by atomic mass is 16.5. The van der Waals surface area contributed by atoms with Crippen molar-refractivity contribution in [2.24, 2.45) is 0 Å². The summed E-state index contributed by atoms with van der Waals surface area (Å²) in [5, 5.41) is 3.05. The molecule has 0 saturated heterocycles. The van der Waals surface area contributed by atoms with Gasteiger partial charge in [0, 0.05) is 19.5 Å². The summed E-state index contributed by atoms with van der Waals surface area (Å²) < 4.78 is 6.03. The molecule has 0 bridgehead atoms. The maximum atomic E-state index is 13.7. The Kier molecular flexibility index (Phi) is 10.1. The average molecular weight is 487 g/mol. The molecular formula is C31H38N2O3. The van der Waals surface area contributed by atoms with Gasteiger partial charge in [0.2, 0.25) is 5.91 Å². The fourth-order valence-corrected chi connectivity index (χ4v) is 4.21. The molecule has 3 rings (SSSR count). The van der Waals surface area contributed by atoms with E-state index in [1.807, 2.05) is 87.5 Å². The molecule has 1 atom stereocenters. The van der Waals surface area contributed by atoms with Gasteiger partial charge in [-0.1, -0.05) is 80.1 Å². The van der Waals surface area contributed by atoms with E-state index < -0.39 is 6.04 Å². The molecule has 3 aromatic carbocycles. The summed E-state index contributed by atoms with van der Waals surface area (Å²) in [5.74, 6) is 0.343. The maximum Gasteiger partial charge on any atom is 0.261 e. The number of hydrogen-bond acceptors (Lipinski definition) is 3. The molecule has 0 saturated carbocycles. The Morgan fingerprint density at radius 3 is 2.19 bits per heavy atom. The summed E-state index contributed by atoms with van der Waals surface area (Å²) in [6, 6.07) is 23.0. The SMILES string of the molecule is CCCCNC(=O)C(Cc1ccccc1)N(Cc1ccccc1)C(=O)COc1cc(C)cc(C)c1C. The molecule has 5 heteroatoms. The van der Waals surface area contributed by atoms with Gasteiger partial charge < -0.3 is 15.0 Å². The van der Waals surface area contributed by atoms with Gasteiger partial charge in [-0.2, -0.15) is 0 Å². The molecule has 3 aromatic rings. The third-order valence-electron chi connectivity index (χ3n) is 6.41. The largest absolute Gasteiger partial charge is 0.483 e. The molecule has 0 aliphatic carbocycles. The molecular weight excluding hydrogens is 448 g/mol. The number of nitrogens with one attached hydrogen (secondary N) is 1. The van der Waals surface area contributed by atoms with Crippen molar-refractivity contribution in [2.75, 3.05) is 13.2 Å². The molecule has 0 heterocycles. The van der Waals surface area contributed by atoms with Crippen LogP contribution in [0.3, 0.4) is 0 Å². The molecule has 0 aliphatic rings. The van der Waals surface area contributed by atoms with Crippen LogP contribution in [0.5, 0.6) is 5.75 Å². The Morgan fingerprint density at radius 2 is 1.56 bits per heavy atom. The van der Waals surface area contributed by atoms with Crippen molar-refractivity contribution in [1.82, 2.24) is 10.2 Å². The summed E-state index contributed by atoms with van der Waals surface area (Å²) >= 11 is 0. The van der Waals surface area contributed by atoms with Crippen LogP contribution in [0.15, 0.2) is 72.8 Å². The third-order valence-corrected chi connectivity index (χ3v) is 6.41. The molecule has 1 N–H and O–H groups in total. The first-order valence-corrected chi connectivity index (χ1v) is 12.7. The lowest BCUT2D eigenvalue weighted by Crippen LogP contribution is -2.51. The van der Waals surface area contributed by atoms with Gasteiger partial charge in [0.1, 0.15) is 11.8 Å². The monoisotopic (exact) mass is 486 g/mol. The van der Waals surface area contributed by atoms with Crippen LogP contribution < -0.4 is 10.1 Å². The predicted octanol–water partition coefficient (Wildman–Crippen LogP) is 5.55. The summed E-state index contributed by atoms with van der Waals surface area (Å²) in [6.45, 7) is 8.92. The minimum absolute atomic E-state index is 0.135. The Morgan fingerprint density at radius 1 is 0.917 bits per heavy atom. The van der Waals surface area contributed by atoms with Crippen LogP contribution in [0.25, 0.3) is 0 Å². The van der Waals surface area contributed by atoms with E-state index in [0.717, 1.165) is 40.7 Å². The van der Waals surface area contributed by atoms with Gasteiger partial charge in [0.05, 0.1) is 0 Å². The minimum atomic E-state index is -0.652. The molecule has 1 unspecified atom stereocenters. The second-order valence-corrected chi connectivity index (χ2v) is 9.35. The molecule has 0 fully saturated rings. The highest BCUT2D eigenvalue weighted by Crippen LogP contribution is 2.24. The van der Waals surface area contributed by atoms with Crippen LogP contribution in [0.1, 0.15) is 47.6 Å². The molecule has 0 radical (unpaired) electrons. The Bertz CT molecular complexity index is 1130. The highest BCUT2D eigenvalue weighted by Gasteiger charge is 2.30. The highest BCUT2D eigenvalue weighted by molar-refractivity contribution is 5.88. The van der Waals surface area contributed by atoms with Crippen molar-refractivity contribution in [3.05, 3.63) is 101 Å². The fourth-order valence-electron chi connectivity index (χ4n) is 4.21. The van der Waals surface area contributed by atoms with Gasteiger partial charge in [0.15, 0.2) is 6.61 Å². The first-order valence-electron chi connectivity index (χ1n) is 12.7. The van der Waals surface area contributed by atoms with Crippen LogP contribution >= 0.6 is 0 Å². The minimum Gasteiger partial charge on any atom is -0.483 e. The molecule has 36 heavy (non-hydrogen) atoms. The van der Waals surface area contributed by atoms with E-state index >= 15 is 0 Å². The topological polar surface area (TPSA) is 58.6 Å². The summed E-state index contributed by atoms with van der Waals surface area (Å²) in [5.41, 5.74) is 5.19. The Hall–Kier alpha value is -3.60. The van der Waals surface area contributed by atoms with E-state index in [2.05, 4.69) is 18.3 Å². The lowest BCUT2D eigenvalue weighted by Gasteiger charge is -2.31. The zero-order valence-electron chi connectivity index (χ0n) is 21.9. The van der Waals surface area contributed by atoms with Crippen LogP contribution in [0.4, 0.5) is 0 Å². The van der Waals surface area contributed by atoms with Crippen molar-refractivity contribution >= 4 is 11.8 Å². The van der Waals surface area contributed by atoms with E-state index in [1.54, 1.807) is 4.90 Å². The number of unbranched alkanes of at least 4 members (excludes halogenated alkanes) is 1. The van der Waals surface area contributed by atoms with E-state index in [0.29, 0.717) is 25.3 Å². The number of hydrogen-bond donors (Lipinski definition) is 1. The quantitative estimate of drug-likeness (QED) is 0.342. The van der Waals surface area contributed by atoms with Gasteiger partial charge in [0.25, 0.3) is 5.91 Å². The fraction of sp³-hybridized carbons (Fsp3) is 0.355. The van der Waals surface area contributed by atoms with E-state index in [1.165, 1.54) is 0 Å². The van der Waals surface area contributed by atoms with Crippen LogP contribution in [0.2, 0.25) is 0 Å². The van der Waals surface area contributed by atoms with Crippen molar-refractivity contribution in [2.45, 2.75) is 59.5 Å². The van der Waals surface area contributed by atoms with E-state index in [4.69, 9.17) is 4.74 Å². The summed E-state index contributed by atoms with van der Waals surface area (Å²) in [7, 11) is 0. The molecule has 5 nitrogen and oxygen atoms in total. The number of rotatable bonds is 12. The van der Waals surface area contributed by atoms with Gasteiger partial charge >= 0.3 is 0 Å². The molecule has 0 aromatic heterocycles. The third kappa shape index (κ3) is 7.70. The molecule has 2 amide bonds. The Balaban J connectivity index is 1.89. The first-order chi connectivity index (χ1) is 17.4. The normalized spacial score (nSPS) is 11.6. The van der Waals surface area contributed by atoms with Gasteiger partial charge in [-0.25, -0.2) is 0 Å². The van der Waals surface area contributed by atoms with Gasteiger partial charge in [-0.3, -0.25) is 9.59 Å². The Labute approximate surface area is 215 Å². The van der Waals surface area contributed by atoms with Crippen LogP contribution in [-0.4, -0.2) is 35.9 Å². The van der Waals surface area contributed by atoms with Crippen molar-refractivity contribution in [1.29, 1.82) is 0 Å². The molecule has 0 spiro atoms. The summed E-state index contributed by atoms with van der Waals surface area (Å²) in [6.07, 6.45) is 2.31. The number of carbonyl (C=O) groups excluding carboxylic acids is 2. The van der Waals surface area contributed by atoms with Crippen molar-refractivity contribution < 1.29 is 14.3 Å². The lowest BCUT2D eigenvalue weighted by molar-refractivity contribution is -0.142. The number of carbonyl (C=O) groups is 2. The average Bonchev–Trinajstić information content (AvgIpc) is 2.88. The maximum absolute atomic E-state index is 13.7. The van der Waals surface area contributed by atoms with Crippen LogP contribution in [0, 0.1) is 20.8 Å². The van der Waals surface area contributed by atoms with E-state index in [9.17, 15) is 9.59 Å². The summed E-state index contributed by atoms with van der Waals surface area (Å²) in [4.78, 5) is 28.8. The standard InChI is InChI=1S/C31H38N2O3/c1-5-6-17-32-31(35)28(20-26-13-9-7-10-14-26)33(21-27-15-11-8-12-16-27)30(34)22-36-29-19-23(2)18-24(3)25(29)4/h7-16,18-19,28H,5-6,17,20-22H2,1-4H3,(H,32,35). The number of nitrogens with zero attached hydrogens (tertiary/aromatic N) is 1. The second kappa shape index (κ2) is 13.5. The zero-order valence-corrected chi connectivity index (χ0v) is 21.9.